The van der Waals surface area contributed by atoms with Gasteiger partial charge in [0.25, 0.3) is 0 Å². The lowest BCUT2D eigenvalue weighted by molar-refractivity contribution is 0.995. The van der Waals surface area contributed by atoms with Crippen molar-refractivity contribution in [3.8, 4) is 62.5 Å². The molecule has 6 heteroatoms. The number of rotatable bonds is 6. The first kappa shape index (κ1) is 35.3. The van der Waals surface area contributed by atoms with Gasteiger partial charge in [-0.15, -0.1) is 0 Å². The average Bonchev–Trinajstić information content (AvgIpc) is 3.86. The van der Waals surface area contributed by atoms with Crippen LogP contribution in [0.1, 0.15) is 5.56 Å². The van der Waals surface area contributed by atoms with Gasteiger partial charge in [-0.05, 0) is 99.8 Å². The molecule has 0 saturated carbocycles. The van der Waals surface area contributed by atoms with Gasteiger partial charge in [-0.1, -0.05) is 127 Å². The normalized spacial score (nSPS) is 11.5. The highest BCUT2D eigenvalue weighted by molar-refractivity contribution is 6.14. The molecule has 0 bridgehead atoms. The summed E-state index contributed by atoms with van der Waals surface area (Å²) in [7, 11) is 0. The van der Waals surface area contributed by atoms with E-state index in [9.17, 15) is 5.26 Å². The number of para-hydroxylation sites is 2. The number of hydrogen-bond donors (Lipinski definition) is 0. The quantitative estimate of drug-likeness (QED) is 0.168. The van der Waals surface area contributed by atoms with Gasteiger partial charge >= 0.3 is 0 Å². The van der Waals surface area contributed by atoms with Crippen LogP contribution in [-0.4, -0.2) is 24.1 Å². The first-order valence-corrected chi connectivity index (χ1v) is 20.6. The maximum absolute atomic E-state index is 9.48. The molecule has 0 saturated heterocycles. The summed E-state index contributed by atoms with van der Waals surface area (Å²) in [5, 5.41) is 16.5. The van der Waals surface area contributed by atoms with Crippen LogP contribution in [0, 0.1) is 11.3 Å². The number of hydrogen-bond acceptors (Lipinski definition) is 4. The molecule has 0 aliphatic carbocycles. The topological polar surface area (TPSA) is 72.3 Å². The Bertz CT molecular complexity index is 3750. The minimum Gasteiger partial charge on any atom is -0.308 e. The second-order valence-electron chi connectivity index (χ2n) is 15.6. The minimum atomic E-state index is 0.583. The monoisotopic (exact) mass is 790 g/mol. The van der Waals surface area contributed by atoms with Crippen LogP contribution in [0.3, 0.4) is 0 Å². The highest BCUT2D eigenvalue weighted by Gasteiger charge is 2.20. The van der Waals surface area contributed by atoms with Crippen molar-refractivity contribution in [2.75, 3.05) is 0 Å². The van der Waals surface area contributed by atoms with E-state index in [1.54, 1.807) is 0 Å². The van der Waals surface area contributed by atoms with Gasteiger partial charge in [0.1, 0.15) is 0 Å². The lowest BCUT2D eigenvalue weighted by atomic mass is 9.91. The van der Waals surface area contributed by atoms with Crippen LogP contribution in [0.2, 0.25) is 0 Å². The summed E-state index contributed by atoms with van der Waals surface area (Å²) in [5.74, 6) is 0.583. The Morgan fingerprint density at radius 3 is 1.55 bits per heavy atom. The lowest BCUT2D eigenvalue weighted by Crippen LogP contribution is -2.04. The number of pyridine rings is 1. The Hall–Kier alpha value is -8.66. The van der Waals surface area contributed by atoms with E-state index in [0.717, 1.165) is 66.6 Å². The van der Waals surface area contributed by atoms with Gasteiger partial charge in [-0.2, -0.15) is 5.26 Å². The van der Waals surface area contributed by atoms with Crippen molar-refractivity contribution in [2.45, 2.75) is 0 Å². The van der Waals surface area contributed by atoms with Gasteiger partial charge in [0, 0.05) is 44.6 Å². The van der Waals surface area contributed by atoms with Crippen molar-refractivity contribution >= 4 is 54.4 Å². The number of nitrogens with zero attached hydrogens (tertiary/aromatic N) is 6. The molecule has 0 aliphatic rings. The van der Waals surface area contributed by atoms with Gasteiger partial charge in [-0.25, -0.2) is 9.97 Å². The van der Waals surface area contributed by atoms with E-state index in [2.05, 4.69) is 166 Å². The van der Waals surface area contributed by atoms with Crippen LogP contribution in [0.4, 0.5) is 0 Å². The third-order valence-electron chi connectivity index (χ3n) is 12.1. The van der Waals surface area contributed by atoms with Crippen LogP contribution in [0.5, 0.6) is 0 Å². The van der Waals surface area contributed by atoms with E-state index in [0.29, 0.717) is 11.5 Å². The zero-order chi connectivity index (χ0) is 41.1. The van der Waals surface area contributed by atoms with Gasteiger partial charge in [0.2, 0.25) is 5.95 Å². The van der Waals surface area contributed by atoms with Crippen LogP contribution < -0.4 is 0 Å². The zero-order valence-electron chi connectivity index (χ0n) is 33.3. The predicted octanol–water partition coefficient (Wildman–Crippen LogP) is 13.8. The molecule has 0 unspecified atom stereocenters. The van der Waals surface area contributed by atoms with Gasteiger partial charge in [0.15, 0.2) is 0 Å². The van der Waals surface area contributed by atoms with Crippen LogP contribution in [0.25, 0.3) is 111 Å². The SMILES string of the molecule is N#Cc1ccc(-c2cc(-c3ccccc3)nc(-n3c4ccccc4c4cc(-c5ccc(-c6ccc7c(c6)c6ccncc6n7-c6ccccc6)c6ccccc56)ccc43)n2)cc1. The van der Waals surface area contributed by atoms with Crippen molar-refractivity contribution < 1.29 is 0 Å². The minimum absolute atomic E-state index is 0.583. The highest BCUT2D eigenvalue weighted by atomic mass is 15.2. The summed E-state index contributed by atoms with van der Waals surface area (Å²) >= 11 is 0. The van der Waals surface area contributed by atoms with Crippen molar-refractivity contribution in [1.29, 1.82) is 5.26 Å². The lowest BCUT2D eigenvalue weighted by Gasteiger charge is -2.14. The van der Waals surface area contributed by atoms with E-state index < -0.39 is 0 Å². The third kappa shape index (κ3) is 5.68. The Morgan fingerprint density at radius 2 is 0.903 bits per heavy atom. The molecule has 0 aliphatic heterocycles. The standard InChI is InChI=1S/C56H34N6/c57-34-36-19-21-38(22-20-36)51-33-50(37-11-3-1-4-12-37)59-56(60-51)62-52-18-10-9-17-46(52)48-31-40(24-28-54(48)62)43-26-25-42(44-15-7-8-16-45(43)44)39-23-27-53-49(32-39)47-29-30-58-35-55(47)61(53)41-13-5-2-6-14-41/h1-33,35H. The molecule has 6 nitrogen and oxygen atoms in total. The fourth-order valence-corrected chi connectivity index (χ4v) is 9.20. The molecule has 0 fully saturated rings. The number of fused-ring (bicyclic) bond motifs is 7. The molecule has 0 atom stereocenters. The molecule has 0 spiro atoms. The fraction of sp³-hybridized carbons (Fsp3) is 0. The van der Waals surface area contributed by atoms with E-state index >= 15 is 0 Å². The first-order chi connectivity index (χ1) is 30.7. The second-order valence-corrected chi connectivity index (χ2v) is 15.6. The molecule has 62 heavy (non-hydrogen) atoms. The molecule has 12 rings (SSSR count). The summed E-state index contributed by atoms with van der Waals surface area (Å²) in [6, 6.07) is 70.0. The number of benzene rings is 8. The molecule has 0 radical (unpaired) electrons. The van der Waals surface area contributed by atoms with Gasteiger partial charge < -0.3 is 4.57 Å². The van der Waals surface area contributed by atoms with E-state index in [4.69, 9.17) is 9.97 Å². The smallest absolute Gasteiger partial charge is 0.235 e. The van der Waals surface area contributed by atoms with Crippen molar-refractivity contribution in [3.63, 3.8) is 0 Å². The molecule has 288 valence electrons. The zero-order valence-corrected chi connectivity index (χ0v) is 33.3. The van der Waals surface area contributed by atoms with Crippen molar-refractivity contribution in [1.82, 2.24) is 24.1 Å². The van der Waals surface area contributed by atoms with E-state index in [1.165, 1.54) is 38.2 Å². The molecule has 4 aromatic heterocycles. The molecule has 12 aromatic rings. The molecule has 0 amide bonds. The summed E-state index contributed by atoms with van der Waals surface area (Å²) in [4.78, 5) is 14.9. The maximum atomic E-state index is 9.48. The Labute approximate surface area is 356 Å². The van der Waals surface area contributed by atoms with Crippen LogP contribution in [-0.2, 0) is 0 Å². The van der Waals surface area contributed by atoms with Crippen LogP contribution >= 0.6 is 0 Å². The Morgan fingerprint density at radius 1 is 0.387 bits per heavy atom. The Kier molecular flexibility index (Phi) is 8.12. The summed E-state index contributed by atoms with van der Waals surface area (Å²) in [6.07, 6.45) is 3.84. The van der Waals surface area contributed by atoms with Crippen molar-refractivity contribution in [2.24, 2.45) is 0 Å². The first-order valence-electron chi connectivity index (χ1n) is 20.6. The predicted molar refractivity (Wildman–Crippen MR) is 252 cm³/mol. The largest absolute Gasteiger partial charge is 0.308 e. The van der Waals surface area contributed by atoms with Crippen molar-refractivity contribution in [3.05, 3.63) is 212 Å². The second kappa shape index (κ2) is 14.3. The summed E-state index contributed by atoms with van der Waals surface area (Å²) < 4.78 is 4.48. The highest BCUT2D eigenvalue weighted by Crippen LogP contribution is 2.41. The fourth-order valence-electron chi connectivity index (χ4n) is 9.20. The maximum Gasteiger partial charge on any atom is 0.235 e. The summed E-state index contributed by atoms with van der Waals surface area (Å²) in [6.45, 7) is 0. The van der Waals surface area contributed by atoms with Crippen LogP contribution in [0.15, 0.2) is 207 Å². The number of nitriles is 1. The molecule has 0 N–H and O–H groups in total. The summed E-state index contributed by atoms with van der Waals surface area (Å²) in [5.41, 5.74) is 14.2. The Balaban J connectivity index is 1.01. The third-order valence-corrected chi connectivity index (χ3v) is 12.1. The molecule has 8 aromatic carbocycles. The molecule has 4 heterocycles. The van der Waals surface area contributed by atoms with Gasteiger partial charge in [0.05, 0.1) is 51.3 Å². The van der Waals surface area contributed by atoms with Gasteiger partial charge in [-0.3, -0.25) is 9.55 Å². The number of aromatic nitrogens is 5. The van der Waals surface area contributed by atoms with E-state index in [-0.39, 0.29) is 0 Å². The molecular weight excluding hydrogens is 757 g/mol. The molecular formula is C56H34N6. The van der Waals surface area contributed by atoms with E-state index in [1.807, 2.05) is 60.9 Å². The average molecular weight is 791 g/mol.